The second-order valence-electron chi connectivity index (χ2n) is 3.56. The summed E-state index contributed by atoms with van der Waals surface area (Å²) in [6.45, 7) is 0. The Morgan fingerprint density at radius 3 is 2.58 bits per heavy atom. The van der Waals surface area contributed by atoms with Gasteiger partial charge in [0.05, 0.1) is 15.7 Å². The van der Waals surface area contributed by atoms with Crippen LogP contribution in [0.1, 0.15) is 10.4 Å². The van der Waals surface area contributed by atoms with E-state index in [1.807, 2.05) is 0 Å². The van der Waals surface area contributed by atoms with Gasteiger partial charge in [0.1, 0.15) is 6.33 Å². The number of aromatic nitrogens is 2. The lowest BCUT2D eigenvalue weighted by atomic mass is 10.1. The average molecular weight is 275 g/mol. The monoisotopic (exact) mass is 275 g/mol. The van der Waals surface area contributed by atoms with Crippen LogP contribution in [0, 0.1) is 10.1 Å². The molecule has 0 amide bonds. The number of hydrogen-bond acceptors (Lipinski definition) is 6. The molecule has 0 unspecified atom stereocenters. The maximum Gasteiger partial charge on any atom is 0.269 e. The summed E-state index contributed by atoms with van der Waals surface area (Å²) in [6, 6.07) is 7.28. The van der Waals surface area contributed by atoms with E-state index in [9.17, 15) is 14.9 Å². The van der Waals surface area contributed by atoms with Crippen LogP contribution in [-0.2, 0) is 0 Å². The largest absolute Gasteiger partial charge is 0.293 e. The number of Topliss-reactive ketones (excluding diaryl/α,β-unsaturated/α-hetero) is 1. The van der Waals surface area contributed by atoms with Crippen LogP contribution in [-0.4, -0.2) is 26.4 Å². The van der Waals surface area contributed by atoms with E-state index in [4.69, 9.17) is 0 Å². The highest BCUT2D eigenvalue weighted by Gasteiger charge is 2.10. The lowest BCUT2D eigenvalue weighted by Crippen LogP contribution is -2.02. The fourth-order valence-corrected chi connectivity index (χ4v) is 2.08. The third-order valence-corrected chi connectivity index (χ3v) is 3.25. The molecule has 0 radical (unpaired) electrons. The number of hydrogen-bond donors (Lipinski definition) is 0. The Bertz CT molecular complexity index is 587. The lowest BCUT2D eigenvalue weighted by molar-refractivity contribution is -0.384. The molecule has 0 atom stereocenters. The first kappa shape index (κ1) is 13.2. The molecule has 1 aromatic carbocycles. The van der Waals surface area contributed by atoms with Gasteiger partial charge >= 0.3 is 0 Å². The van der Waals surface area contributed by atoms with Gasteiger partial charge in [-0.1, -0.05) is 11.8 Å². The summed E-state index contributed by atoms with van der Waals surface area (Å²) in [5.41, 5.74) is 0.423. The van der Waals surface area contributed by atoms with Crippen LogP contribution in [0.4, 0.5) is 5.69 Å². The van der Waals surface area contributed by atoms with Crippen LogP contribution in [0.3, 0.4) is 0 Å². The van der Waals surface area contributed by atoms with E-state index in [1.165, 1.54) is 42.4 Å². The van der Waals surface area contributed by atoms with Crippen molar-refractivity contribution in [2.75, 3.05) is 5.75 Å². The molecule has 0 aliphatic carbocycles. The van der Waals surface area contributed by atoms with E-state index in [1.54, 1.807) is 12.3 Å². The van der Waals surface area contributed by atoms with Crippen LogP contribution in [0.5, 0.6) is 0 Å². The first-order valence-electron chi connectivity index (χ1n) is 5.33. The standard InChI is InChI=1S/C12H9N3O3S/c16-11(7-19-12-5-6-13-8-14-12)9-1-3-10(4-2-9)15(17)18/h1-6,8H,7H2. The molecular weight excluding hydrogens is 266 g/mol. The molecule has 0 saturated heterocycles. The molecule has 2 rings (SSSR count). The number of rotatable bonds is 5. The van der Waals surface area contributed by atoms with Gasteiger partial charge in [0.25, 0.3) is 5.69 Å². The Balaban J connectivity index is 1.98. The van der Waals surface area contributed by atoms with Gasteiger partial charge in [0.2, 0.25) is 0 Å². The number of benzene rings is 1. The molecule has 7 heteroatoms. The van der Waals surface area contributed by atoms with Crippen molar-refractivity contribution >= 4 is 23.2 Å². The van der Waals surface area contributed by atoms with Crippen molar-refractivity contribution in [3.63, 3.8) is 0 Å². The van der Waals surface area contributed by atoms with Gasteiger partial charge in [-0.2, -0.15) is 0 Å². The number of nitro benzene ring substituents is 1. The zero-order valence-electron chi connectivity index (χ0n) is 9.72. The number of non-ortho nitro benzene ring substituents is 1. The van der Waals surface area contributed by atoms with Crippen molar-refractivity contribution in [2.24, 2.45) is 0 Å². The zero-order chi connectivity index (χ0) is 13.7. The van der Waals surface area contributed by atoms with Crippen LogP contribution in [0.2, 0.25) is 0 Å². The number of nitro groups is 1. The van der Waals surface area contributed by atoms with Crippen molar-refractivity contribution in [1.29, 1.82) is 0 Å². The molecule has 2 aromatic rings. The van der Waals surface area contributed by atoms with E-state index in [-0.39, 0.29) is 17.2 Å². The molecule has 0 bridgehead atoms. The van der Waals surface area contributed by atoms with Crippen molar-refractivity contribution in [2.45, 2.75) is 5.03 Å². The number of ketones is 1. The van der Waals surface area contributed by atoms with Crippen molar-refractivity contribution in [1.82, 2.24) is 9.97 Å². The van der Waals surface area contributed by atoms with Gasteiger partial charge in [0.15, 0.2) is 5.78 Å². The third-order valence-electron chi connectivity index (χ3n) is 2.31. The molecule has 0 spiro atoms. The highest BCUT2D eigenvalue weighted by Crippen LogP contribution is 2.17. The highest BCUT2D eigenvalue weighted by molar-refractivity contribution is 7.99. The predicted octanol–water partition coefficient (Wildman–Crippen LogP) is 2.36. The van der Waals surface area contributed by atoms with Crippen LogP contribution in [0.15, 0.2) is 47.9 Å². The molecule has 0 saturated carbocycles. The number of carbonyl (C=O) groups is 1. The van der Waals surface area contributed by atoms with Crippen LogP contribution < -0.4 is 0 Å². The Hall–Kier alpha value is -2.28. The van der Waals surface area contributed by atoms with Gasteiger partial charge in [0, 0.05) is 23.9 Å². The van der Waals surface area contributed by atoms with Crippen LogP contribution in [0.25, 0.3) is 0 Å². The smallest absolute Gasteiger partial charge is 0.269 e. The number of carbonyl (C=O) groups excluding carboxylic acids is 1. The molecule has 6 nitrogen and oxygen atoms in total. The van der Waals surface area contributed by atoms with Crippen molar-refractivity contribution in [3.05, 3.63) is 58.5 Å². The van der Waals surface area contributed by atoms with Gasteiger partial charge in [-0.25, -0.2) is 9.97 Å². The van der Waals surface area contributed by atoms with Gasteiger partial charge < -0.3 is 0 Å². The summed E-state index contributed by atoms with van der Waals surface area (Å²) in [6.07, 6.45) is 3.02. The zero-order valence-corrected chi connectivity index (χ0v) is 10.5. The summed E-state index contributed by atoms with van der Waals surface area (Å²) < 4.78 is 0. The number of nitrogens with zero attached hydrogens (tertiary/aromatic N) is 3. The second kappa shape index (κ2) is 6.05. The summed E-state index contributed by atoms with van der Waals surface area (Å²) in [5.74, 6) is 0.132. The molecule has 0 aliphatic heterocycles. The normalized spacial score (nSPS) is 10.1. The van der Waals surface area contributed by atoms with E-state index < -0.39 is 4.92 Å². The van der Waals surface area contributed by atoms with Gasteiger partial charge in [-0.3, -0.25) is 14.9 Å². The maximum absolute atomic E-state index is 11.9. The SMILES string of the molecule is O=C(CSc1ccncn1)c1ccc([N+](=O)[O-])cc1. The lowest BCUT2D eigenvalue weighted by Gasteiger charge is -2.00. The Kier molecular flexibility index (Phi) is 4.19. The Labute approximate surface area is 113 Å². The first-order chi connectivity index (χ1) is 9.16. The summed E-state index contributed by atoms with van der Waals surface area (Å²) in [5, 5.41) is 11.2. The topological polar surface area (TPSA) is 86.0 Å². The van der Waals surface area contributed by atoms with Crippen LogP contribution >= 0.6 is 11.8 Å². The quantitative estimate of drug-likeness (QED) is 0.274. The minimum Gasteiger partial charge on any atom is -0.293 e. The molecule has 0 N–H and O–H groups in total. The van der Waals surface area contributed by atoms with Crippen molar-refractivity contribution in [3.8, 4) is 0 Å². The third kappa shape index (κ3) is 3.59. The predicted molar refractivity (Wildman–Crippen MR) is 70.2 cm³/mol. The molecule has 0 aliphatic rings. The summed E-state index contributed by atoms with van der Waals surface area (Å²) >= 11 is 1.30. The number of thioether (sulfide) groups is 1. The van der Waals surface area contributed by atoms with E-state index >= 15 is 0 Å². The fourth-order valence-electron chi connectivity index (χ4n) is 1.36. The fraction of sp³-hybridized carbons (Fsp3) is 0.0833. The molecular formula is C12H9N3O3S. The highest BCUT2D eigenvalue weighted by atomic mass is 32.2. The minimum absolute atomic E-state index is 0.0278. The van der Waals surface area contributed by atoms with E-state index in [0.717, 1.165) is 0 Å². The second-order valence-corrected chi connectivity index (χ2v) is 4.56. The molecule has 0 fully saturated rings. The first-order valence-corrected chi connectivity index (χ1v) is 6.32. The summed E-state index contributed by atoms with van der Waals surface area (Å²) in [7, 11) is 0. The summed E-state index contributed by atoms with van der Waals surface area (Å²) in [4.78, 5) is 29.6. The minimum atomic E-state index is -0.496. The van der Waals surface area contributed by atoms with Gasteiger partial charge in [-0.15, -0.1) is 0 Å². The van der Waals surface area contributed by atoms with Gasteiger partial charge in [-0.05, 0) is 18.2 Å². The molecule has 19 heavy (non-hydrogen) atoms. The Morgan fingerprint density at radius 1 is 1.26 bits per heavy atom. The molecule has 96 valence electrons. The van der Waals surface area contributed by atoms with Crippen molar-refractivity contribution < 1.29 is 9.72 Å². The average Bonchev–Trinajstić information content (AvgIpc) is 2.46. The molecule has 1 aromatic heterocycles. The molecule has 1 heterocycles. The Morgan fingerprint density at radius 2 is 2.00 bits per heavy atom. The van der Waals surface area contributed by atoms with E-state index in [0.29, 0.717) is 10.6 Å². The van der Waals surface area contributed by atoms with E-state index in [2.05, 4.69) is 9.97 Å². The maximum atomic E-state index is 11.9.